The van der Waals surface area contributed by atoms with Crippen LogP contribution in [0.4, 0.5) is 0 Å². The molecule has 0 radical (unpaired) electrons. The van der Waals surface area contributed by atoms with Crippen molar-refractivity contribution in [1.82, 2.24) is 0 Å². The van der Waals surface area contributed by atoms with Crippen LogP contribution in [0.5, 0.6) is 0 Å². The van der Waals surface area contributed by atoms with Gasteiger partial charge in [0.05, 0.1) is 18.3 Å². The second kappa shape index (κ2) is 14.7. The van der Waals surface area contributed by atoms with Crippen LogP contribution in [-0.2, 0) is 18.1 Å². The van der Waals surface area contributed by atoms with E-state index in [2.05, 4.69) is 47.8 Å². The van der Waals surface area contributed by atoms with Crippen LogP contribution in [-0.4, -0.2) is 45.7 Å². The summed E-state index contributed by atoms with van der Waals surface area (Å²) in [4.78, 5) is 0. The Labute approximate surface area is 240 Å². The highest BCUT2D eigenvalue weighted by Gasteiger charge is 2.41. The minimum Gasteiger partial charge on any atom is -0.282 e. The lowest BCUT2D eigenvalue weighted by atomic mass is 10.3. The lowest BCUT2D eigenvalue weighted by Gasteiger charge is -2.31. The first-order valence-corrected chi connectivity index (χ1v) is 15.7. The van der Waals surface area contributed by atoms with Gasteiger partial charge in [-0.1, -0.05) is 152 Å². The van der Waals surface area contributed by atoms with Crippen LogP contribution in [0.2, 0.25) is 0 Å². The summed E-state index contributed by atoms with van der Waals surface area (Å²) in [6.45, 7) is 0. The standard InChI is InChI=1S/C12H15Br3Cl9O4P/c13-4-7(1-10(16,17)18)26-29(25,27-8(5-14)2-11(19,20)21)28-9(6-15)3-12(22,23)24/h7-9H,1-6H2. The number of phosphoric ester groups is 1. The summed E-state index contributed by atoms with van der Waals surface area (Å²) in [6, 6.07) is 0. The highest BCUT2D eigenvalue weighted by molar-refractivity contribution is 9.09. The Morgan fingerprint density at radius 3 is 0.931 bits per heavy atom. The van der Waals surface area contributed by atoms with Crippen LogP contribution in [0.3, 0.4) is 0 Å². The maximum atomic E-state index is 13.5. The molecule has 0 saturated heterocycles. The van der Waals surface area contributed by atoms with E-state index in [1.54, 1.807) is 0 Å². The number of phosphoric acid groups is 1. The summed E-state index contributed by atoms with van der Waals surface area (Å²) < 4.78 is 25.1. The quantitative estimate of drug-likeness (QED) is 0.146. The van der Waals surface area contributed by atoms with Crippen molar-refractivity contribution in [2.75, 3.05) is 16.0 Å². The van der Waals surface area contributed by atoms with Gasteiger partial charge in [0.1, 0.15) is 0 Å². The Morgan fingerprint density at radius 1 is 0.586 bits per heavy atom. The lowest BCUT2D eigenvalue weighted by Crippen LogP contribution is -2.28. The predicted molar refractivity (Wildman–Crippen MR) is 138 cm³/mol. The first kappa shape index (κ1) is 33.2. The van der Waals surface area contributed by atoms with E-state index in [0.717, 1.165) is 0 Å². The van der Waals surface area contributed by atoms with E-state index >= 15 is 0 Å². The van der Waals surface area contributed by atoms with Crippen LogP contribution < -0.4 is 0 Å². The molecule has 0 aromatic heterocycles. The first-order valence-electron chi connectivity index (χ1n) is 7.45. The smallest absolute Gasteiger partial charge is 0.282 e. The Hall–Kier alpha value is 4.16. The molecule has 4 nitrogen and oxygen atoms in total. The predicted octanol–water partition coefficient (Wildman–Crippen LogP) is 9.72. The number of hydrogen-bond acceptors (Lipinski definition) is 4. The fourth-order valence-electron chi connectivity index (χ4n) is 1.76. The van der Waals surface area contributed by atoms with Gasteiger partial charge in [-0.25, -0.2) is 4.57 Å². The van der Waals surface area contributed by atoms with Gasteiger partial charge in [0.2, 0.25) is 0 Å². The monoisotopic (exact) mass is 806 g/mol. The molecule has 0 heterocycles. The van der Waals surface area contributed by atoms with E-state index in [9.17, 15) is 4.57 Å². The third-order valence-electron chi connectivity index (χ3n) is 2.73. The maximum absolute atomic E-state index is 13.5. The van der Waals surface area contributed by atoms with Crippen LogP contribution >= 0.6 is 160 Å². The molecule has 0 fully saturated rings. The molecule has 0 aliphatic heterocycles. The van der Waals surface area contributed by atoms with Gasteiger partial charge in [-0.2, -0.15) is 0 Å². The van der Waals surface area contributed by atoms with E-state index in [1.807, 2.05) is 0 Å². The van der Waals surface area contributed by atoms with Gasteiger partial charge >= 0.3 is 7.82 Å². The average molecular weight is 813 g/mol. The summed E-state index contributed by atoms with van der Waals surface area (Å²) in [6.07, 6.45) is -2.94. The normalized spacial score (nSPS) is 18.9. The van der Waals surface area contributed by atoms with Crippen LogP contribution in [0.15, 0.2) is 0 Å². The molecule has 0 aromatic rings. The molecule has 29 heavy (non-hydrogen) atoms. The fraction of sp³-hybridized carbons (Fsp3) is 1.00. The van der Waals surface area contributed by atoms with E-state index in [1.165, 1.54) is 0 Å². The van der Waals surface area contributed by atoms with Crippen molar-refractivity contribution in [2.45, 2.75) is 49.0 Å². The minimum atomic E-state index is -4.31. The van der Waals surface area contributed by atoms with Crippen molar-refractivity contribution in [1.29, 1.82) is 0 Å². The molecule has 0 saturated carbocycles. The molecule has 0 aliphatic carbocycles. The fourth-order valence-corrected chi connectivity index (χ4v) is 6.69. The molecule has 17 heteroatoms. The molecule has 0 spiro atoms. The van der Waals surface area contributed by atoms with E-state index in [4.69, 9.17) is 118 Å². The average Bonchev–Trinajstić information content (AvgIpc) is 2.48. The van der Waals surface area contributed by atoms with Crippen molar-refractivity contribution in [3.63, 3.8) is 0 Å². The summed E-state index contributed by atoms with van der Waals surface area (Å²) in [5.74, 6) is 0. The number of hydrogen-bond donors (Lipinski definition) is 0. The summed E-state index contributed by atoms with van der Waals surface area (Å²) >= 11 is 62.0. The van der Waals surface area contributed by atoms with Crippen molar-refractivity contribution < 1.29 is 18.1 Å². The van der Waals surface area contributed by atoms with Gasteiger partial charge in [0, 0.05) is 35.3 Å². The number of rotatable bonds is 12. The highest BCUT2D eigenvalue weighted by Crippen LogP contribution is 2.56. The molecular weight excluding hydrogens is 798 g/mol. The largest absolute Gasteiger partial charge is 0.475 e. The van der Waals surface area contributed by atoms with Crippen molar-refractivity contribution in [3.05, 3.63) is 0 Å². The van der Waals surface area contributed by atoms with Gasteiger partial charge < -0.3 is 0 Å². The molecule has 0 aromatic carbocycles. The Balaban J connectivity index is 5.66. The maximum Gasteiger partial charge on any atom is 0.475 e. The molecule has 176 valence electrons. The van der Waals surface area contributed by atoms with Crippen LogP contribution in [0, 0.1) is 0 Å². The van der Waals surface area contributed by atoms with Gasteiger partial charge in [0.15, 0.2) is 11.4 Å². The SMILES string of the molecule is O=P(OC(CBr)CC(Cl)(Cl)Cl)(OC(CBr)CC(Cl)(Cl)Cl)OC(CBr)CC(Cl)(Cl)Cl. The highest BCUT2D eigenvalue weighted by atomic mass is 79.9. The Bertz CT molecular complexity index is 459. The second-order valence-corrected chi connectivity index (χ2v) is 16.6. The molecule has 3 unspecified atom stereocenters. The third kappa shape index (κ3) is 18.1. The van der Waals surface area contributed by atoms with Crippen molar-refractivity contribution in [2.24, 2.45) is 0 Å². The molecule has 0 rings (SSSR count). The Morgan fingerprint density at radius 2 is 0.793 bits per heavy atom. The second-order valence-electron chi connectivity index (χ2n) is 5.55. The molecule has 0 bridgehead atoms. The summed E-state index contributed by atoms with van der Waals surface area (Å²) in [5.41, 5.74) is 0. The van der Waals surface area contributed by atoms with Gasteiger partial charge in [-0.3, -0.25) is 13.6 Å². The number of halogens is 12. The third-order valence-corrected chi connectivity index (χ3v) is 7.95. The van der Waals surface area contributed by atoms with Gasteiger partial charge in [-0.15, -0.1) is 0 Å². The molecule has 0 aliphatic rings. The summed E-state index contributed by atoms with van der Waals surface area (Å²) in [5, 5.41) is 0.472. The van der Waals surface area contributed by atoms with Crippen molar-refractivity contribution in [3.8, 4) is 0 Å². The van der Waals surface area contributed by atoms with Gasteiger partial charge in [0.25, 0.3) is 0 Å². The van der Waals surface area contributed by atoms with E-state index in [0.29, 0.717) is 0 Å². The zero-order chi connectivity index (χ0) is 23.1. The number of alkyl halides is 12. The molecule has 0 amide bonds. The zero-order valence-corrected chi connectivity index (χ0v) is 26.5. The van der Waals surface area contributed by atoms with Crippen LogP contribution in [0.25, 0.3) is 0 Å². The first-order chi connectivity index (χ1) is 12.9. The van der Waals surface area contributed by atoms with E-state index in [-0.39, 0.29) is 35.3 Å². The summed E-state index contributed by atoms with van der Waals surface area (Å²) in [7, 11) is -4.31. The minimum absolute atomic E-state index is 0.119. The molecule has 3 atom stereocenters. The molecule has 0 N–H and O–H groups in total. The Kier molecular flexibility index (Phi) is 16.8. The zero-order valence-electron chi connectivity index (χ0n) is 14.1. The topological polar surface area (TPSA) is 44.8 Å². The van der Waals surface area contributed by atoms with Gasteiger partial charge in [-0.05, 0) is 0 Å². The molecular formula is C12H15Br3Cl9O4P. The van der Waals surface area contributed by atoms with E-state index < -0.39 is 37.5 Å². The van der Waals surface area contributed by atoms with Crippen LogP contribution in [0.1, 0.15) is 19.3 Å². The van der Waals surface area contributed by atoms with Crippen molar-refractivity contribution >= 4 is 160 Å². The lowest BCUT2D eigenvalue weighted by molar-refractivity contribution is 0.0424.